The first-order chi connectivity index (χ1) is 19.0. The summed E-state index contributed by atoms with van der Waals surface area (Å²) >= 11 is 0. The zero-order chi connectivity index (χ0) is 28.7. The van der Waals surface area contributed by atoms with Crippen LogP contribution in [0.15, 0.2) is 0 Å². The molecule has 0 saturated carbocycles. The summed E-state index contributed by atoms with van der Waals surface area (Å²) in [5.74, 6) is 0. The van der Waals surface area contributed by atoms with E-state index in [1.54, 1.807) is 0 Å². The van der Waals surface area contributed by atoms with Crippen molar-refractivity contribution < 1.29 is 19.3 Å². The smallest absolute Gasteiger partial charge is 0.157 e. The minimum Gasteiger partial charge on any atom is -0.353 e. The molecule has 39 heavy (non-hydrogen) atoms. The topological polar surface area (TPSA) is 38.7 Å². The molecule has 0 aromatic heterocycles. The number of hydrogen-bond acceptors (Lipinski definition) is 3. The minimum absolute atomic E-state index is 0.0457. The zero-order valence-corrected chi connectivity index (χ0v) is 27.5. The fraction of sp³-hybridized carbons (Fsp3) is 1.00. The van der Waals surface area contributed by atoms with Crippen LogP contribution in [0.4, 0.5) is 0 Å². The summed E-state index contributed by atoms with van der Waals surface area (Å²) in [5.41, 5.74) is 0. The van der Waals surface area contributed by atoms with Gasteiger partial charge < -0.3 is 9.47 Å². The molecule has 0 aliphatic heterocycles. The van der Waals surface area contributed by atoms with Gasteiger partial charge in [0.25, 0.3) is 0 Å². The largest absolute Gasteiger partial charge is 0.353 e. The van der Waals surface area contributed by atoms with Gasteiger partial charge in [-0.05, 0) is 32.1 Å². The second-order valence-electron chi connectivity index (χ2n) is 12.8. The third kappa shape index (κ3) is 33.9. The van der Waals surface area contributed by atoms with Gasteiger partial charge in [-0.15, -0.1) is 0 Å². The maximum absolute atomic E-state index is 9.93. The summed E-state index contributed by atoms with van der Waals surface area (Å²) in [5, 5.41) is 9.93. The highest BCUT2D eigenvalue weighted by Gasteiger charge is 2.13. The van der Waals surface area contributed by atoms with Crippen LogP contribution in [0.1, 0.15) is 187 Å². The minimum atomic E-state index is -0.0697. The highest BCUT2D eigenvalue weighted by atomic mass is 16.7. The quantitative estimate of drug-likeness (QED) is 0.0378. The fourth-order valence-corrected chi connectivity index (χ4v) is 5.34. The van der Waals surface area contributed by atoms with Crippen LogP contribution in [0.2, 0.25) is 0 Å². The highest BCUT2D eigenvalue weighted by Crippen LogP contribution is 2.15. The van der Waals surface area contributed by atoms with Crippen molar-refractivity contribution in [3.05, 3.63) is 0 Å². The number of rotatable bonds is 33. The standard InChI is InChI=1S/C35H74NO3/c1-5-7-9-11-13-15-17-19-21-23-25-29-33-38-35(31-27-28-32-36(3,4)37)39-34-30-26-24-22-20-18-16-14-12-10-8-6-2/h35,37H,5-34H2,1-4H3/q+1. The maximum atomic E-state index is 9.93. The molecule has 0 aliphatic carbocycles. The Hall–Kier alpha value is -0.160. The van der Waals surface area contributed by atoms with Gasteiger partial charge in [-0.2, -0.15) is 4.65 Å². The maximum Gasteiger partial charge on any atom is 0.157 e. The molecule has 0 unspecified atom stereocenters. The fourth-order valence-electron chi connectivity index (χ4n) is 5.34. The molecule has 4 nitrogen and oxygen atoms in total. The lowest BCUT2D eigenvalue weighted by atomic mass is 10.1. The number of unbranched alkanes of at least 4 members (excludes halogenated alkanes) is 23. The molecule has 0 rings (SSSR count). The van der Waals surface area contributed by atoms with Gasteiger partial charge in [0.2, 0.25) is 0 Å². The van der Waals surface area contributed by atoms with Gasteiger partial charge in [0.15, 0.2) is 6.29 Å². The van der Waals surface area contributed by atoms with Crippen molar-refractivity contribution in [3.63, 3.8) is 0 Å². The van der Waals surface area contributed by atoms with E-state index in [4.69, 9.17) is 9.47 Å². The second kappa shape index (κ2) is 30.8. The molecule has 0 aromatic carbocycles. The molecular weight excluding hydrogens is 482 g/mol. The second-order valence-corrected chi connectivity index (χ2v) is 12.8. The third-order valence-corrected chi connectivity index (χ3v) is 8.00. The van der Waals surface area contributed by atoms with Crippen molar-refractivity contribution in [1.29, 1.82) is 0 Å². The molecule has 1 N–H and O–H groups in total. The predicted octanol–water partition coefficient (Wildman–Crippen LogP) is 11.4. The lowest BCUT2D eigenvalue weighted by molar-refractivity contribution is -1.07. The van der Waals surface area contributed by atoms with Crippen LogP contribution < -0.4 is 0 Å². The lowest BCUT2D eigenvalue weighted by Gasteiger charge is -2.21. The van der Waals surface area contributed by atoms with Crippen LogP contribution in [0.3, 0.4) is 0 Å². The van der Waals surface area contributed by atoms with Crippen molar-refractivity contribution in [1.82, 2.24) is 0 Å². The molecule has 0 amide bonds. The summed E-state index contributed by atoms with van der Waals surface area (Å²) in [6, 6.07) is 0. The third-order valence-electron chi connectivity index (χ3n) is 8.00. The van der Waals surface area contributed by atoms with Gasteiger partial charge in [-0.3, -0.25) is 0 Å². The zero-order valence-electron chi connectivity index (χ0n) is 27.5. The van der Waals surface area contributed by atoms with E-state index in [0.717, 1.165) is 51.9 Å². The number of ether oxygens (including phenoxy) is 2. The molecular formula is C35H74NO3+. The Morgan fingerprint density at radius 2 is 0.744 bits per heavy atom. The number of hydrogen-bond donors (Lipinski definition) is 1. The van der Waals surface area contributed by atoms with Crippen LogP contribution >= 0.6 is 0 Å². The van der Waals surface area contributed by atoms with Gasteiger partial charge in [0.05, 0.1) is 14.1 Å². The highest BCUT2D eigenvalue weighted by molar-refractivity contribution is 4.53. The lowest BCUT2D eigenvalue weighted by Crippen LogP contribution is -2.36. The average Bonchev–Trinajstić information content (AvgIpc) is 2.90. The molecule has 0 fully saturated rings. The van der Waals surface area contributed by atoms with E-state index in [1.165, 1.54) is 141 Å². The van der Waals surface area contributed by atoms with Gasteiger partial charge in [-0.25, -0.2) is 5.21 Å². The van der Waals surface area contributed by atoms with E-state index in [9.17, 15) is 5.21 Å². The van der Waals surface area contributed by atoms with Crippen LogP contribution in [0.5, 0.6) is 0 Å². The van der Waals surface area contributed by atoms with Crippen LogP contribution in [0.25, 0.3) is 0 Å². The molecule has 0 radical (unpaired) electrons. The Kier molecular flexibility index (Phi) is 30.7. The van der Waals surface area contributed by atoms with Crippen molar-refractivity contribution in [2.45, 2.75) is 193 Å². The first-order valence-electron chi connectivity index (χ1n) is 17.8. The van der Waals surface area contributed by atoms with E-state index in [2.05, 4.69) is 13.8 Å². The van der Waals surface area contributed by atoms with Gasteiger partial charge in [-0.1, -0.05) is 155 Å². The first-order valence-corrected chi connectivity index (χ1v) is 17.8. The summed E-state index contributed by atoms with van der Waals surface area (Å²) < 4.78 is 12.4. The SMILES string of the molecule is CCCCCCCCCCCCCCOC(CCCC[N+](C)(C)O)OCCCCCCCCCCCCCC. The Labute approximate surface area is 246 Å². The van der Waals surface area contributed by atoms with E-state index in [0.29, 0.717) is 0 Å². The molecule has 0 heterocycles. The van der Waals surface area contributed by atoms with E-state index >= 15 is 0 Å². The summed E-state index contributed by atoms with van der Waals surface area (Å²) in [6.07, 6.45) is 35.8. The normalized spacial score (nSPS) is 12.2. The summed E-state index contributed by atoms with van der Waals surface area (Å²) in [4.78, 5) is 0. The van der Waals surface area contributed by atoms with Crippen LogP contribution in [-0.4, -0.2) is 50.0 Å². The van der Waals surface area contributed by atoms with Gasteiger partial charge >= 0.3 is 0 Å². The monoisotopic (exact) mass is 557 g/mol. The Bertz CT molecular complexity index is 422. The van der Waals surface area contributed by atoms with Crippen molar-refractivity contribution in [2.75, 3.05) is 33.9 Å². The van der Waals surface area contributed by atoms with Gasteiger partial charge in [0, 0.05) is 13.2 Å². The van der Waals surface area contributed by atoms with E-state index < -0.39 is 0 Å². The molecule has 0 saturated heterocycles. The van der Waals surface area contributed by atoms with E-state index in [-0.39, 0.29) is 10.9 Å². The molecule has 0 atom stereocenters. The van der Waals surface area contributed by atoms with Crippen LogP contribution in [-0.2, 0) is 9.47 Å². The molecule has 0 aromatic rings. The Balaban J connectivity index is 3.80. The molecule has 0 aliphatic rings. The van der Waals surface area contributed by atoms with Crippen LogP contribution in [0, 0.1) is 0 Å². The summed E-state index contributed by atoms with van der Waals surface area (Å²) in [7, 11) is 3.68. The summed E-state index contributed by atoms with van der Waals surface area (Å²) in [6.45, 7) is 7.00. The average molecular weight is 557 g/mol. The number of hydroxylamine groups is 3. The van der Waals surface area contributed by atoms with Crippen molar-refractivity contribution >= 4 is 0 Å². The molecule has 236 valence electrons. The number of quaternary nitrogens is 1. The van der Waals surface area contributed by atoms with Crippen molar-refractivity contribution in [2.24, 2.45) is 0 Å². The van der Waals surface area contributed by atoms with Crippen molar-refractivity contribution in [3.8, 4) is 0 Å². The predicted molar refractivity (Wildman–Crippen MR) is 170 cm³/mol. The number of nitrogens with zero attached hydrogens (tertiary/aromatic N) is 1. The van der Waals surface area contributed by atoms with Gasteiger partial charge in [0.1, 0.15) is 6.54 Å². The molecule has 4 heteroatoms. The Morgan fingerprint density at radius 1 is 0.436 bits per heavy atom. The first kappa shape index (κ1) is 38.8. The molecule has 0 bridgehead atoms. The molecule has 0 spiro atoms. The Morgan fingerprint density at radius 3 is 1.05 bits per heavy atom. The van der Waals surface area contributed by atoms with E-state index in [1.807, 2.05) is 14.1 Å².